The largest absolute Gasteiger partial charge is 0.497 e. The van der Waals surface area contributed by atoms with Crippen LogP contribution in [0.25, 0.3) is 11.2 Å². The molecule has 2 amide bonds. The minimum Gasteiger partial charge on any atom is -0.497 e. The molecule has 1 aliphatic heterocycles. The van der Waals surface area contributed by atoms with E-state index in [0.29, 0.717) is 5.75 Å². The van der Waals surface area contributed by atoms with Crippen LogP contribution in [0.15, 0.2) is 41.7 Å². The number of rotatable bonds is 8. The number of fused-ring (bicyclic) bond motifs is 1. The molecule has 5 atom stereocenters. The third kappa shape index (κ3) is 6.35. The Balaban J connectivity index is 1.55. The highest BCUT2D eigenvalue weighted by molar-refractivity contribution is 5.86. The van der Waals surface area contributed by atoms with Crippen molar-refractivity contribution >= 4 is 23.2 Å². The van der Waals surface area contributed by atoms with E-state index in [1.807, 2.05) is 0 Å². The van der Waals surface area contributed by atoms with E-state index in [9.17, 15) is 24.6 Å². The first-order valence-corrected chi connectivity index (χ1v) is 12.3. The molecule has 0 unspecified atom stereocenters. The predicted octanol–water partition coefficient (Wildman–Crippen LogP) is -0.000400. The van der Waals surface area contributed by atoms with Gasteiger partial charge in [0.1, 0.15) is 29.6 Å². The molecule has 0 saturated carbocycles. The Kier molecular flexibility index (Phi) is 8.18. The molecule has 5 N–H and O–H groups in total. The van der Waals surface area contributed by atoms with Crippen molar-refractivity contribution in [3.63, 3.8) is 0 Å². The van der Waals surface area contributed by atoms with Crippen LogP contribution in [-0.4, -0.2) is 85.3 Å². The number of alkyl carbamates (subject to hydrolysis) is 1. The van der Waals surface area contributed by atoms with Crippen LogP contribution in [0, 0.1) is 0 Å². The Bertz CT molecular complexity index is 1370. The SMILES string of the molecule is COc1ccc(C[C@H](NC(=O)OC(C)(C)C)C(=O)N[C@H]2[C@@H](O)[C@H](n3cnc4c(=O)[nH]cnc43)O[C@@H]2CO)cc1. The summed E-state index contributed by atoms with van der Waals surface area (Å²) in [6, 6.07) is 4.82. The van der Waals surface area contributed by atoms with Crippen molar-refractivity contribution in [1.29, 1.82) is 0 Å². The van der Waals surface area contributed by atoms with Crippen LogP contribution in [0.4, 0.5) is 4.79 Å². The van der Waals surface area contributed by atoms with Gasteiger partial charge in [-0.05, 0) is 38.5 Å². The predicted molar refractivity (Wildman–Crippen MR) is 137 cm³/mol. The summed E-state index contributed by atoms with van der Waals surface area (Å²) in [5.74, 6) is -0.0000916. The van der Waals surface area contributed by atoms with Crippen LogP contribution in [-0.2, 0) is 20.7 Å². The Morgan fingerprint density at radius 3 is 2.59 bits per heavy atom. The Hall–Kier alpha value is -4.01. The number of ether oxygens (including phenoxy) is 3. The lowest BCUT2D eigenvalue weighted by Gasteiger charge is -2.26. The highest BCUT2D eigenvalue weighted by atomic mass is 16.6. The van der Waals surface area contributed by atoms with E-state index in [0.717, 1.165) is 5.56 Å². The number of hydrogen-bond donors (Lipinski definition) is 5. The average molecular weight is 545 g/mol. The fourth-order valence-electron chi connectivity index (χ4n) is 4.28. The van der Waals surface area contributed by atoms with E-state index in [1.165, 1.54) is 24.3 Å². The first-order chi connectivity index (χ1) is 18.5. The number of aliphatic hydroxyl groups is 2. The topological polar surface area (TPSA) is 190 Å². The molecule has 1 fully saturated rings. The fraction of sp³-hybridized carbons (Fsp3) is 0.480. The van der Waals surface area contributed by atoms with E-state index in [2.05, 4.69) is 25.6 Å². The number of hydrogen-bond acceptors (Lipinski definition) is 10. The number of aromatic amines is 1. The standard InChI is InChI=1S/C25H32N6O8/c1-25(2,3)39-24(36)29-15(9-13-5-7-14(37-4)8-6-13)21(34)30-17-16(10-32)38-23(19(17)33)31-12-28-18-20(31)26-11-27-22(18)35/h5-8,11-12,15-17,19,23,32-33H,9-10H2,1-4H3,(H,29,36)(H,30,34)(H,26,27,35)/t15-,16+,17+,19+,23+/m0/s1. The maximum absolute atomic E-state index is 13.5. The summed E-state index contributed by atoms with van der Waals surface area (Å²) in [6.45, 7) is 4.57. The first-order valence-electron chi connectivity index (χ1n) is 12.3. The molecule has 14 nitrogen and oxygen atoms in total. The summed E-state index contributed by atoms with van der Waals surface area (Å²) in [7, 11) is 1.54. The third-order valence-corrected chi connectivity index (χ3v) is 6.11. The van der Waals surface area contributed by atoms with E-state index >= 15 is 0 Å². The number of benzene rings is 1. The van der Waals surface area contributed by atoms with E-state index in [1.54, 1.807) is 45.0 Å². The Labute approximate surface area is 223 Å². The molecule has 0 radical (unpaired) electrons. The van der Waals surface area contributed by atoms with Crippen LogP contribution >= 0.6 is 0 Å². The number of carbonyl (C=O) groups excluding carboxylic acids is 2. The Morgan fingerprint density at radius 2 is 1.95 bits per heavy atom. The lowest BCUT2D eigenvalue weighted by atomic mass is 10.0. The maximum Gasteiger partial charge on any atom is 0.408 e. The molecule has 1 saturated heterocycles. The highest BCUT2D eigenvalue weighted by Crippen LogP contribution is 2.31. The second-order valence-electron chi connectivity index (χ2n) is 10.1. The highest BCUT2D eigenvalue weighted by Gasteiger charge is 2.46. The summed E-state index contributed by atoms with van der Waals surface area (Å²) in [4.78, 5) is 48.6. The quantitative estimate of drug-likeness (QED) is 0.258. The van der Waals surface area contributed by atoms with Crippen LogP contribution in [0.1, 0.15) is 32.6 Å². The van der Waals surface area contributed by atoms with Crippen molar-refractivity contribution in [1.82, 2.24) is 30.2 Å². The van der Waals surface area contributed by atoms with Gasteiger partial charge < -0.3 is 40.0 Å². The van der Waals surface area contributed by atoms with Gasteiger partial charge in [0.2, 0.25) is 5.91 Å². The zero-order chi connectivity index (χ0) is 28.3. The molecule has 14 heteroatoms. The van der Waals surface area contributed by atoms with Crippen LogP contribution in [0.5, 0.6) is 5.75 Å². The van der Waals surface area contributed by atoms with Crippen molar-refractivity contribution in [3.05, 3.63) is 52.8 Å². The van der Waals surface area contributed by atoms with Crippen LogP contribution in [0.2, 0.25) is 0 Å². The normalized spacial score (nSPS) is 21.9. The molecular formula is C25H32N6O8. The van der Waals surface area contributed by atoms with Crippen molar-refractivity contribution in [2.24, 2.45) is 0 Å². The minimum absolute atomic E-state index is 0.0439. The zero-order valence-electron chi connectivity index (χ0n) is 22.0. The zero-order valence-corrected chi connectivity index (χ0v) is 22.0. The number of carbonyl (C=O) groups is 2. The molecule has 1 aliphatic rings. The number of aliphatic hydroxyl groups excluding tert-OH is 2. The first kappa shape index (κ1) is 28.0. The van der Waals surface area contributed by atoms with Gasteiger partial charge in [-0.25, -0.2) is 14.8 Å². The number of methoxy groups -OCH3 is 1. The molecule has 39 heavy (non-hydrogen) atoms. The van der Waals surface area contributed by atoms with Gasteiger partial charge >= 0.3 is 6.09 Å². The number of H-pyrrole nitrogens is 1. The molecule has 4 rings (SSSR count). The second-order valence-corrected chi connectivity index (χ2v) is 10.1. The van der Waals surface area contributed by atoms with Crippen molar-refractivity contribution in [3.8, 4) is 5.75 Å². The lowest BCUT2D eigenvalue weighted by molar-refractivity contribution is -0.125. The fourth-order valence-corrected chi connectivity index (χ4v) is 4.28. The monoisotopic (exact) mass is 544 g/mol. The molecule has 2 aromatic heterocycles. The maximum atomic E-state index is 13.5. The van der Waals surface area contributed by atoms with Gasteiger partial charge in [-0.15, -0.1) is 0 Å². The smallest absolute Gasteiger partial charge is 0.408 e. The molecule has 210 valence electrons. The molecule has 3 heterocycles. The second kappa shape index (κ2) is 11.4. The van der Waals surface area contributed by atoms with Gasteiger partial charge in [0, 0.05) is 6.42 Å². The summed E-state index contributed by atoms with van der Waals surface area (Å²) in [5, 5.41) is 26.4. The van der Waals surface area contributed by atoms with Gasteiger partial charge in [0.25, 0.3) is 5.56 Å². The lowest BCUT2D eigenvalue weighted by Crippen LogP contribution is -2.56. The molecule has 0 bridgehead atoms. The van der Waals surface area contributed by atoms with Crippen LogP contribution < -0.4 is 20.9 Å². The van der Waals surface area contributed by atoms with Crippen molar-refractivity contribution in [2.45, 2.75) is 63.3 Å². The molecule has 0 aliphatic carbocycles. The third-order valence-electron chi connectivity index (χ3n) is 6.11. The van der Waals surface area contributed by atoms with E-state index in [-0.39, 0.29) is 17.6 Å². The summed E-state index contributed by atoms with van der Waals surface area (Å²) >= 11 is 0. The number of imidazole rings is 1. The van der Waals surface area contributed by atoms with Gasteiger partial charge in [-0.2, -0.15) is 0 Å². The number of nitrogens with one attached hydrogen (secondary N) is 3. The summed E-state index contributed by atoms with van der Waals surface area (Å²) in [5.41, 5.74) is -0.325. The Morgan fingerprint density at radius 1 is 1.23 bits per heavy atom. The number of nitrogens with zero attached hydrogens (tertiary/aromatic N) is 3. The summed E-state index contributed by atoms with van der Waals surface area (Å²) < 4.78 is 17.7. The van der Waals surface area contributed by atoms with Crippen molar-refractivity contribution in [2.75, 3.05) is 13.7 Å². The molecule has 0 spiro atoms. The van der Waals surface area contributed by atoms with Gasteiger partial charge in [0.15, 0.2) is 17.4 Å². The molecule has 3 aromatic rings. The number of aromatic nitrogens is 4. The number of amides is 2. The average Bonchev–Trinajstić information content (AvgIpc) is 3.44. The van der Waals surface area contributed by atoms with Crippen molar-refractivity contribution < 1.29 is 34.0 Å². The molecular weight excluding hydrogens is 512 g/mol. The molecule has 1 aromatic carbocycles. The van der Waals surface area contributed by atoms with Gasteiger partial charge in [-0.3, -0.25) is 14.2 Å². The van der Waals surface area contributed by atoms with E-state index < -0.39 is 60.3 Å². The van der Waals surface area contributed by atoms with Gasteiger partial charge in [0.05, 0.1) is 32.4 Å². The van der Waals surface area contributed by atoms with Gasteiger partial charge in [-0.1, -0.05) is 12.1 Å². The minimum atomic E-state index is -1.35. The van der Waals surface area contributed by atoms with Crippen LogP contribution in [0.3, 0.4) is 0 Å². The van der Waals surface area contributed by atoms with E-state index in [4.69, 9.17) is 14.2 Å². The summed E-state index contributed by atoms with van der Waals surface area (Å²) in [6.07, 6.45) is -1.67.